The van der Waals surface area contributed by atoms with Gasteiger partial charge in [0.1, 0.15) is 0 Å². The minimum absolute atomic E-state index is 0.0206. The van der Waals surface area contributed by atoms with Gasteiger partial charge in [0.05, 0.1) is 25.4 Å². The molecule has 0 spiro atoms. The fourth-order valence-electron chi connectivity index (χ4n) is 0.992. The SMILES string of the molecule is CC(C)Oc1nc(Cl)nc(NC(CO)CO)n1. The molecule has 3 N–H and O–H groups in total. The van der Waals surface area contributed by atoms with E-state index in [1.807, 2.05) is 13.8 Å². The molecule has 17 heavy (non-hydrogen) atoms. The van der Waals surface area contributed by atoms with Gasteiger partial charge in [-0.05, 0) is 25.4 Å². The fourth-order valence-corrected chi connectivity index (χ4v) is 1.14. The van der Waals surface area contributed by atoms with Gasteiger partial charge >= 0.3 is 6.01 Å². The number of nitrogens with zero attached hydrogens (tertiary/aromatic N) is 3. The van der Waals surface area contributed by atoms with Crippen LogP contribution in [0.3, 0.4) is 0 Å². The van der Waals surface area contributed by atoms with Gasteiger partial charge in [-0.15, -0.1) is 0 Å². The summed E-state index contributed by atoms with van der Waals surface area (Å²) in [4.78, 5) is 11.5. The summed E-state index contributed by atoms with van der Waals surface area (Å²) in [7, 11) is 0. The number of aliphatic hydroxyl groups is 2. The van der Waals surface area contributed by atoms with Gasteiger partial charge in [-0.3, -0.25) is 0 Å². The zero-order chi connectivity index (χ0) is 12.8. The summed E-state index contributed by atoms with van der Waals surface area (Å²) in [6.07, 6.45) is -0.0900. The van der Waals surface area contributed by atoms with Crippen LogP contribution >= 0.6 is 11.6 Å². The molecule has 8 heteroatoms. The number of aromatic nitrogens is 3. The summed E-state index contributed by atoms with van der Waals surface area (Å²) in [5.41, 5.74) is 0. The van der Waals surface area contributed by atoms with E-state index < -0.39 is 6.04 Å². The second-order valence-electron chi connectivity index (χ2n) is 3.58. The molecule has 0 fully saturated rings. The molecule has 96 valence electrons. The maximum atomic E-state index is 8.91. The molecule has 0 aromatic carbocycles. The molecule has 0 unspecified atom stereocenters. The first kappa shape index (κ1) is 13.9. The Bertz CT molecular complexity index is 360. The summed E-state index contributed by atoms with van der Waals surface area (Å²) in [5.74, 6) is 0.147. The molecule has 0 radical (unpaired) electrons. The van der Waals surface area contributed by atoms with Gasteiger partial charge in [0.25, 0.3) is 0 Å². The highest BCUT2D eigenvalue weighted by molar-refractivity contribution is 6.28. The van der Waals surface area contributed by atoms with Crippen LogP contribution < -0.4 is 10.1 Å². The number of hydrogen-bond acceptors (Lipinski definition) is 7. The summed E-state index contributed by atoms with van der Waals surface area (Å²) in [6, 6.07) is -0.461. The second-order valence-corrected chi connectivity index (χ2v) is 3.92. The number of aliphatic hydroxyl groups excluding tert-OH is 2. The van der Waals surface area contributed by atoms with E-state index in [0.717, 1.165) is 0 Å². The molecule has 0 bridgehead atoms. The Morgan fingerprint density at radius 3 is 2.41 bits per heavy atom. The van der Waals surface area contributed by atoms with Gasteiger partial charge in [0.2, 0.25) is 11.2 Å². The van der Waals surface area contributed by atoms with Crippen molar-refractivity contribution in [3.63, 3.8) is 0 Å². The summed E-state index contributed by atoms with van der Waals surface area (Å²) in [5, 5.41) is 20.5. The van der Waals surface area contributed by atoms with Crippen LogP contribution in [0, 0.1) is 0 Å². The zero-order valence-corrected chi connectivity index (χ0v) is 10.3. The first-order valence-electron chi connectivity index (χ1n) is 5.11. The molecule has 0 aliphatic rings. The van der Waals surface area contributed by atoms with Gasteiger partial charge in [-0.1, -0.05) is 0 Å². The highest BCUT2D eigenvalue weighted by Crippen LogP contribution is 2.13. The maximum Gasteiger partial charge on any atom is 0.322 e. The highest BCUT2D eigenvalue weighted by atomic mass is 35.5. The zero-order valence-electron chi connectivity index (χ0n) is 9.59. The number of anilines is 1. The van der Waals surface area contributed by atoms with Crippen molar-refractivity contribution >= 4 is 17.5 Å². The van der Waals surface area contributed by atoms with E-state index in [-0.39, 0.29) is 36.6 Å². The Labute approximate surface area is 104 Å². The molecule has 0 atom stereocenters. The van der Waals surface area contributed by atoms with E-state index in [0.29, 0.717) is 0 Å². The average molecular weight is 263 g/mol. The largest absolute Gasteiger partial charge is 0.461 e. The summed E-state index contributed by atoms with van der Waals surface area (Å²) < 4.78 is 5.27. The van der Waals surface area contributed by atoms with Crippen molar-refractivity contribution in [1.82, 2.24) is 15.0 Å². The first-order valence-corrected chi connectivity index (χ1v) is 5.49. The van der Waals surface area contributed by atoms with Gasteiger partial charge in [0, 0.05) is 0 Å². The molecule has 0 saturated heterocycles. The van der Waals surface area contributed by atoms with E-state index in [4.69, 9.17) is 26.6 Å². The lowest BCUT2D eigenvalue weighted by atomic mass is 10.3. The predicted octanol–water partition coefficient (Wildman–Crippen LogP) is 0.0773. The number of rotatable bonds is 6. The molecule has 1 heterocycles. The number of nitrogens with one attached hydrogen (secondary N) is 1. The fraction of sp³-hybridized carbons (Fsp3) is 0.667. The molecule has 7 nitrogen and oxygen atoms in total. The van der Waals surface area contributed by atoms with Crippen LogP contribution in [0.1, 0.15) is 13.8 Å². The number of hydrogen-bond donors (Lipinski definition) is 3. The van der Waals surface area contributed by atoms with E-state index in [1.54, 1.807) is 0 Å². The monoisotopic (exact) mass is 262 g/mol. The minimum Gasteiger partial charge on any atom is -0.461 e. The normalized spacial score (nSPS) is 11.0. The second kappa shape index (κ2) is 6.53. The third-order valence-corrected chi connectivity index (χ3v) is 1.87. The lowest BCUT2D eigenvalue weighted by Gasteiger charge is -2.14. The van der Waals surface area contributed by atoms with Crippen molar-refractivity contribution < 1.29 is 14.9 Å². The quantitative estimate of drug-likeness (QED) is 0.667. The lowest BCUT2D eigenvalue weighted by molar-refractivity contribution is 0.202. The Hall–Kier alpha value is -1.18. The Morgan fingerprint density at radius 1 is 1.24 bits per heavy atom. The van der Waals surface area contributed by atoms with Crippen molar-refractivity contribution in [3.8, 4) is 6.01 Å². The summed E-state index contributed by atoms with van der Waals surface area (Å²) >= 11 is 5.70. The van der Waals surface area contributed by atoms with Crippen molar-refractivity contribution in [2.24, 2.45) is 0 Å². The van der Waals surface area contributed by atoms with Crippen LogP contribution in [-0.4, -0.2) is 50.5 Å². The van der Waals surface area contributed by atoms with Crippen LogP contribution in [0.2, 0.25) is 5.28 Å². The Morgan fingerprint density at radius 2 is 1.88 bits per heavy atom. The molecule has 1 rings (SSSR count). The molecule has 1 aromatic rings. The first-order chi connectivity index (χ1) is 8.05. The van der Waals surface area contributed by atoms with Crippen LogP contribution in [0.4, 0.5) is 5.95 Å². The maximum absolute atomic E-state index is 8.91. The average Bonchev–Trinajstić information content (AvgIpc) is 2.24. The number of ether oxygens (including phenoxy) is 1. The van der Waals surface area contributed by atoms with Crippen LogP contribution in [0.15, 0.2) is 0 Å². The van der Waals surface area contributed by atoms with Gasteiger partial charge in [-0.2, -0.15) is 15.0 Å². The lowest BCUT2D eigenvalue weighted by Crippen LogP contribution is -2.29. The highest BCUT2D eigenvalue weighted by Gasteiger charge is 2.11. The topological polar surface area (TPSA) is 100 Å². The van der Waals surface area contributed by atoms with Crippen molar-refractivity contribution in [2.45, 2.75) is 26.0 Å². The minimum atomic E-state index is -0.555. The molecule has 0 aliphatic carbocycles. The Balaban J connectivity index is 2.81. The van der Waals surface area contributed by atoms with Crippen LogP contribution in [-0.2, 0) is 0 Å². The smallest absolute Gasteiger partial charge is 0.322 e. The van der Waals surface area contributed by atoms with Crippen molar-refractivity contribution in [3.05, 3.63) is 5.28 Å². The van der Waals surface area contributed by atoms with Crippen LogP contribution in [0.5, 0.6) is 6.01 Å². The Kier molecular flexibility index (Phi) is 5.33. The molecule has 1 aromatic heterocycles. The van der Waals surface area contributed by atoms with E-state index in [1.165, 1.54) is 0 Å². The van der Waals surface area contributed by atoms with E-state index in [9.17, 15) is 0 Å². The summed E-state index contributed by atoms with van der Waals surface area (Å²) in [6.45, 7) is 3.16. The standard InChI is InChI=1S/C9H15ClN4O3/c1-5(2)17-9-13-7(10)12-8(14-9)11-6(3-15)4-16/h5-6,15-16H,3-4H2,1-2H3,(H,11,12,13,14). The van der Waals surface area contributed by atoms with Crippen molar-refractivity contribution in [1.29, 1.82) is 0 Å². The number of halogens is 1. The molecular weight excluding hydrogens is 248 g/mol. The third-order valence-electron chi connectivity index (χ3n) is 1.70. The van der Waals surface area contributed by atoms with Gasteiger partial charge in [0.15, 0.2) is 0 Å². The van der Waals surface area contributed by atoms with Gasteiger partial charge < -0.3 is 20.3 Å². The van der Waals surface area contributed by atoms with E-state index >= 15 is 0 Å². The van der Waals surface area contributed by atoms with E-state index in [2.05, 4.69) is 20.3 Å². The molecule has 0 aliphatic heterocycles. The third kappa shape index (κ3) is 4.68. The molecule has 0 saturated carbocycles. The van der Waals surface area contributed by atoms with Crippen molar-refractivity contribution in [2.75, 3.05) is 18.5 Å². The molecular formula is C9H15ClN4O3. The predicted molar refractivity (Wildman–Crippen MR) is 62.2 cm³/mol. The van der Waals surface area contributed by atoms with Gasteiger partial charge in [-0.25, -0.2) is 0 Å². The van der Waals surface area contributed by atoms with Crippen LogP contribution in [0.25, 0.3) is 0 Å². The molecule has 0 amide bonds.